The lowest BCUT2D eigenvalue weighted by molar-refractivity contribution is -0.149. The molecule has 0 fully saturated rings. The molecular weight excluding hydrogens is 348 g/mol. The van der Waals surface area contributed by atoms with Crippen LogP contribution >= 0.6 is 0 Å². The number of ketones is 1. The van der Waals surface area contributed by atoms with Crippen LogP contribution < -0.4 is 0 Å². The molecule has 0 radical (unpaired) electrons. The molecule has 1 aliphatic carbocycles. The molecule has 0 N–H and O–H groups in total. The molecular formula is C25H44O3. The van der Waals surface area contributed by atoms with Gasteiger partial charge < -0.3 is 4.74 Å². The maximum Gasteiger partial charge on any atom is 0.306 e. The fourth-order valence-electron chi connectivity index (χ4n) is 4.55. The summed E-state index contributed by atoms with van der Waals surface area (Å²) >= 11 is 0. The predicted molar refractivity (Wildman–Crippen MR) is 117 cm³/mol. The molecule has 0 saturated carbocycles. The van der Waals surface area contributed by atoms with Crippen LogP contribution in [0.5, 0.6) is 0 Å². The monoisotopic (exact) mass is 392 g/mol. The van der Waals surface area contributed by atoms with Gasteiger partial charge in [0.15, 0.2) is 0 Å². The summed E-state index contributed by atoms with van der Waals surface area (Å²) in [4.78, 5) is 24.9. The number of hydrogen-bond acceptors (Lipinski definition) is 3. The molecule has 0 heterocycles. The zero-order chi connectivity index (χ0) is 21.0. The Bertz CT molecular complexity index is 504. The molecule has 28 heavy (non-hydrogen) atoms. The first-order chi connectivity index (χ1) is 13.3. The summed E-state index contributed by atoms with van der Waals surface area (Å²) in [6.07, 6.45) is 15.9. The Labute approximate surface area is 173 Å². The molecule has 0 aromatic carbocycles. The van der Waals surface area contributed by atoms with Crippen LogP contribution in [0, 0.1) is 11.3 Å². The quantitative estimate of drug-likeness (QED) is 0.179. The molecule has 0 aromatic heterocycles. The Hall–Kier alpha value is -1.12. The largest absolute Gasteiger partial charge is 0.462 e. The second kappa shape index (κ2) is 13.2. The van der Waals surface area contributed by atoms with Crippen LogP contribution in [-0.4, -0.2) is 17.9 Å². The highest BCUT2D eigenvalue weighted by molar-refractivity contribution is 5.85. The van der Waals surface area contributed by atoms with Crippen molar-refractivity contribution in [1.82, 2.24) is 0 Å². The lowest BCUT2D eigenvalue weighted by Gasteiger charge is -2.37. The molecule has 0 aliphatic heterocycles. The molecule has 0 aromatic rings. The summed E-state index contributed by atoms with van der Waals surface area (Å²) in [6.45, 7) is 10.5. The van der Waals surface area contributed by atoms with E-state index in [4.69, 9.17) is 4.74 Å². The Kier molecular flexibility index (Phi) is 11.7. The van der Waals surface area contributed by atoms with Crippen molar-refractivity contribution in [2.75, 3.05) is 0 Å². The fourth-order valence-corrected chi connectivity index (χ4v) is 4.55. The number of hydrogen-bond donors (Lipinski definition) is 0. The Morgan fingerprint density at radius 2 is 1.64 bits per heavy atom. The average molecular weight is 393 g/mol. The first-order valence-electron chi connectivity index (χ1n) is 11.7. The van der Waals surface area contributed by atoms with Crippen molar-refractivity contribution >= 4 is 11.8 Å². The lowest BCUT2D eigenvalue weighted by atomic mass is 9.66. The molecule has 0 amide bonds. The van der Waals surface area contributed by atoms with E-state index in [0.29, 0.717) is 12.8 Å². The van der Waals surface area contributed by atoms with Gasteiger partial charge in [-0.25, -0.2) is 0 Å². The highest BCUT2D eigenvalue weighted by Crippen LogP contribution is 2.42. The first kappa shape index (κ1) is 24.9. The number of unbranched alkanes of at least 4 members (excludes halogenated alkanes) is 8. The van der Waals surface area contributed by atoms with Gasteiger partial charge >= 0.3 is 5.97 Å². The van der Waals surface area contributed by atoms with Gasteiger partial charge in [0.2, 0.25) is 0 Å². The molecule has 3 nitrogen and oxygen atoms in total. The number of rotatable bonds is 14. The van der Waals surface area contributed by atoms with E-state index >= 15 is 0 Å². The van der Waals surface area contributed by atoms with Crippen molar-refractivity contribution in [2.45, 2.75) is 124 Å². The van der Waals surface area contributed by atoms with E-state index in [9.17, 15) is 9.59 Å². The van der Waals surface area contributed by atoms with Crippen molar-refractivity contribution < 1.29 is 14.3 Å². The molecule has 0 saturated heterocycles. The minimum absolute atomic E-state index is 0.00378. The lowest BCUT2D eigenvalue weighted by Crippen LogP contribution is -2.36. The average Bonchev–Trinajstić information content (AvgIpc) is 2.59. The van der Waals surface area contributed by atoms with E-state index in [0.717, 1.165) is 25.7 Å². The van der Waals surface area contributed by atoms with Crippen LogP contribution in [0.1, 0.15) is 118 Å². The van der Waals surface area contributed by atoms with Gasteiger partial charge in [-0.15, -0.1) is 0 Å². The zero-order valence-corrected chi connectivity index (χ0v) is 19.1. The van der Waals surface area contributed by atoms with Crippen molar-refractivity contribution in [2.24, 2.45) is 11.3 Å². The van der Waals surface area contributed by atoms with Crippen LogP contribution in [0.15, 0.2) is 11.6 Å². The second-order valence-electron chi connectivity index (χ2n) is 9.46. The van der Waals surface area contributed by atoms with Crippen LogP contribution in [0.25, 0.3) is 0 Å². The molecule has 1 rings (SSSR count). The standard InChI is InChI=1S/C25H44O3/c1-6-7-8-9-10-11-12-13-14-17-23(27)28-21(3)19-22(26)24-20(2)16-15-18-25(24,4)5/h16,21,24H,6-15,17-19H2,1-5H3. The minimum atomic E-state index is -0.330. The SMILES string of the molecule is CCCCCCCCCCCC(=O)OC(C)CC(=O)C1C(C)=CCCC1(C)C. The number of allylic oxidation sites excluding steroid dienone is 2. The Balaban J connectivity index is 2.20. The van der Waals surface area contributed by atoms with E-state index in [1.165, 1.54) is 50.5 Å². The smallest absolute Gasteiger partial charge is 0.306 e. The van der Waals surface area contributed by atoms with Gasteiger partial charge in [-0.2, -0.15) is 0 Å². The number of carbonyl (C=O) groups is 2. The first-order valence-corrected chi connectivity index (χ1v) is 11.7. The predicted octanol–water partition coefficient (Wildman–Crippen LogP) is 7.18. The summed E-state index contributed by atoms with van der Waals surface area (Å²) < 4.78 is 5.51. The molecule has 1 aliphatic rings. The van der Waals surface area contributed by atoms with Crippen LogP contribution in [0.3, 0.4) is 0 Å². The maximum absolute atomic E-state index is 12.8. The number of Topliss-reactive ketones (excluding diaryl/α,β-unsaturated/α-hetero) is 1. The minimum Gasteiger partial charge on any atom is -0.462 e. The number of ether oxygens (including phenoxy) is 1. The van der Waals surface area contributed by atoms with Gasteiger partial charge in [0.1, 0.15) is 11.9 Å². The molecule has 3 heteroatoms. The van der Waals surface area contributed by atoms with Gasteiger partial charge in [-0.1, -0.05) is 83.8 Å². The molecule has 0 spiro atoms. The Morgan fingerprint density at radius 1 is 1.07 bits per heavy atom. The van der Waals surface area contributed by atoms with Gasteiger partial charge in [0, 0.05) is 18.8 Å². The van der Waals surface area contributed by atoms with Crippen molar-refractivity contribution in [3.8, 4) is 0 Å². The molecule has 0 bridgehead atoms. The van der Waals surface area contributed by atoms with E-state index in [1.54, 1.807) is 0 Å². The summed E-state index contributed by atoms with van der Waals surface area (Å²) in [6, 6.07) is 0. The van der Waals surface area contributed by atoms with Crippen LogP contribution in [0.4, 0.5) is 0 Å². The van der Waals surface area contributed by atoms with Crippen molar-refractivity contribution in [3.63, 3.8) is 0 Å². The van der Waals surface area contributed by atoms with Gasteiger partial charge in [-0.3, -0.25) is 9.59 Å². The van der Waals surface area contributed by atoms with Gasteiger partial charge in [0.25, 0.3) is 0 Å². The van der Waals surface area contributed by atoms with Crippen molar-refractivity contribution in [1.29, 1.82) is 0 Å². The summed E-state index contributed by atoms with van der Waals surface area (Å²) in [7, 11) is 0. The van der Waals surface area contributed by atoms with E-state index in [-0.39, 0.29) is 29.2 Å². The van der Waals surface area contributed by atoms with Gasteiger partial charge in [-0.05, 0) is 38.5 Å². The third kappa shape index (κ3) is 9.39. The third-order valence-electron chi connectivity index (χ3n) is 6.12. The van der Waals surface area contributed by atoms with Crippen LogP contribution in [0.2, 0.25) is 0 Å². The molecule has 2 unspecified atom stereocenters. The number of carbonyl (C=O) groups excluding carboxylic acids is 2. The topological polar surface area (TPSA) is 43.4 Å². The number of esters is 1. The summed E-state index contributed by atoms with van der Waals surface area (Å²) in [5.74, 6) is 0.0139. The second-order valence-corrected chi connectivity index (χ2v) is 9.46. The molecule has 2 atom stereocenters. The van der Waals surface area contributed by atoms with Gasteiger partial charge in [0.05, 0.1) is 0 Å². The van der Waals surface area contributed by atoms with Crippen molar-refractivity contribution in [3.05, 3.63) is 11.6 Å². The normalized spacial score (nSPS) is 19.8. The van der Waals surface area contributed by atoms with E-state index < -0.39 is 0 Å². The summed E-state index contributed by atoms with van der Waals surface area (Å²) in [5, 5.41) is 0. The fraction of sp³-hybridized carbons (Fsp3) is 0.840. The highest BCUT2D eigenvalue weighted by Gasteiger charge is 2.38. The molecule has 162 valence electrons. The maximum atomic E-state index is 12.8. The third-order valence-corrected chi connectivity index (χ3v) is 6.12. The van der Waals surface area contributed by atoms with E-state index in [2.05, 4.69) is 33.8 Å². The Morgan fingerprint density at radius 3 is 2.21 bits per heavy atom. The summed E-state index contributed by atoms with van der Waals surface area (Å²) in [5.41, 5.74) is 1.17. The highest BCUT2D eigenvalue weighted by atomic mass is 16.5. The zero-order valence-electron chi connectivity index (χ0n) is 19.1. The van der Waals surface area contributed by atoms with E-state index in [1.807, 2.05) is 6.92 Å². The van der Waals surface area contributed by atoms with Crippen LogP contribution in [-0.2, 0) is 14.3 Å².